The minimum absolute atomic E-state index is 0.279. The van der Waals surface area contributed by atoms with Crippen molar-refractivity contribution in [2.75, 3.05) is 45.8 Å². The Balaban J connectivity index is 1.54. The quantitative estimate of drug-likeness (QED) is 0.765. The maximum atomic E-state index is 11.8. The number of rotatable bonds is 6. The van der Waals surface area contributed by atoms with E-state index >= 15 is 0 Å². The first-order valence-electron chi connectivity index (χ1n) is 7.46. The molecule has 0 radical (unpaired) electrons. The number of hydrogen-bond acceptors (Lipinski definition) is 3. The lowest BCUT2D eigenvalue weighted by Crippen LogP contribution is -2.39. The van der Waals surface area contributed by atoms with E-state index in [0.29, 0.717) is 12.5 Å². The van der Waals surface area contributed by atoms with Gasteiger partial charge in [0.2, 0.25) is 5.91 Å². The number of likely N-dealkylation sites (tertiary alicyclic amines) is 2. The van der Waals surface area contributed by atoms with Crippen LogP contribution in [0.5, 0.6) is 0 Å². The first kappa shape index (κ1) is 13.8. The standard InChI is InChI=1S/C14H27N3O/c1-13(12-16-6-2-3-7-16)10-15-11-14(18)17-8-4-5-9-17/h13,15H,2-12H2,1H3. The summed E-state index contributed by atoms with van der Waals surface area (Å²) in [6.45, 7) is 9.36. The van der Waals surface area contributed by atoms with Crippen LogP contribution in [-0.4, -0.2) is 61.5 Å². The molecule has 1 unspecified atom stereocenters. The number of nitrogens with zero attached hydrogens (tertiary/aromatic N) is 2. The second kappa shape index (κ2) is 7.10. The van der Waals surface area contributed by atoms with Crippen LogP contribution in [0.3, 0.4) is 0 Å². The number of carbonyl (C=O) groups excluding carboxylic acids is 1. The van der Waals surface area contributed by atoms with Gasteiger partial charge in [-0.2, -0.15) is 0 Å². The molecular formula is C14H27N3O. The van der Waals surface area contributed by atoms with Crippen molar-refractivity contribution < 1.29 is 4.79 Å². The van der Waals surface area contributed by atoms with Crippen molar-refractivity contribution >= 4 is 5.91 Å². The van der Waals surface area contributed by atoms with Crippen LogP contribution < -0.4 is 5.32 Å². The molecule has 0 aromatic heterocycles. The zero-order valence-electron chi connectivity index (χ0n) is 11.7. The monoisotopic (exact) mass is 253 g/mol. The van der Waals surface area contributed by atoms with Gasteiger partial charge in [0.15, 0.2) is 0 Å². The van der Waals surface area contributed by atoms with Gasteiger partial charge in [0.05, 0.1) is 6.54 Å². The van der Waals surface area contributed by atoms with Gasteiger partial charge in [-0.3, -0.25) is 4.79 Å². The lowest BCUT2D eigenvalue weighted by atomic mass is 10.1. The van der Waals surface area contributed by atoms with Gasteiger partial charge in [0.25, 0.3) is 0 Å². The molecule has 0 aliphatic carbocycles. The Hall–Kier alpha value is -0.610. The molecule has 0 saturated carbocycles. The predicted octanol–water partition coefficient (Wildman–Crippen LogP) is 0.930. The molecule has 4 heteroatoms. The van der Waals surface area contributed by atoms with E-state index in [0.717, 1.165) is 19.6 Å². The molecular weight excluding hydrogens is 226 g/mol. The van der Waals surface area contributed by atoms with E-state index in [1.54, 1.807) is 0 Å². The molecule has 1 atom stereocenters. The topological polar surface area (TPSA) is 35.6 Å². The lowest BCUT2D eigenvalue weighted by molar-refractivity contribution is -0.129. The van der Waals surface area contributed by atoms with Crippen molar-refractivity contribution in [2.24, 2.45) is 5.92 Å². The van der Waals surface area contributed by atoms with Crippen molar-refractivity contribution in [3.63, 3.8) is 0 Å². The summed E-state index contributed by atoms with van der Waals surface area (Å²) in [6, 6.07) is 0. The lowest BCUT2D eigenvalue weighted by Gasteiger charge is -2.21. The molecule has 2 heterocycles. The molecule has 2 fully saturated rings. The number of hydrogen-bond donors (Lipinski definition) is 1. The molecule has 2 aliphatic rings. The highest BCUT2D eigenvalue weighted by Gasteiger charge is 2.18. The fraction of sp³-hybridized carbons (Fsp3) is 0.929. The van der Waals surface area contributed by atoms with Gasteiger partial charge in [-0.05, 0) is 51.2 Å². The molecule has 0 aromatic rings. The summed E-state index contributed by atoms with van der Waals surface area (Å²) in [6.07, 6.45) is 5.06. The highest BCUT2D eigenvalue weighted by molar-refractivity contribution is 5.78. The molecule has 1 amide bonds. The van der Waals surface area contributed by atoms with Crippen molar-refractivity contribution in [1.29, 1.82) is 0 Å². The maximum absolute atomic E-state index is 11.8. The average molecular weight is 253 g/mol. The Labute approximate surface area is 111 Å². The smallest absolute Gasteiger partial charge is 0.236 e. The zero-order valence-corrected chi connectivity index (χ0v) is 11.7. The summed E-state index contributed by atoms with van der Waals surface area (Å²) in [5.41, 5.74) is 0. The SMILES string of the molecule is CC(CNCC(=O)N1CCCC1)CN1CCCC1. The first-order chi connectivity index (χ1) is 8.75. The van der Waals surface area contributed by atoms with Gasteiger partial charge < -0.3 is 15.1 Å². The van der Waals surface area contributed by atoms with Gasteiger partial charge >= 0.3 is 0 Å². The summed E-state index contributed by atoms with van der Waals surface area (Å²) in [7, 11) is 0. The van der Waals surface area contributed by atoms with Gasteiger partial charge in [0.1, 0.15) is 0 Å². The Morgan fingerprint density at radius 3 is 2.39 bits per heavy atom. The molecule has 4 nitrogen and oxygen atoms in total. The van der Waals surface area contributed by atoms with Crippen LogP contribution in [0, 0.1) is 5.92 Å². The van der Waals surface area contributed by atoms with Gasteiger partial charge in [-0.25, -0.2) is 0 Å². The molecule has 104 valence electrons. The Kier molecular flexibility index (Phi) is 5.45. The highest BCUT2D eigenvalue weighted by atomic mass is 16.2. The van der Waals surface area contributed by atoms with E-state index < -0.39 is 0 Å². The molecule has 2 saturated heterocycles. The molecule has 0 aromatic carbocycles. The average Bonchev–Trinajstić information content (AvgIpc) is 3.00. The minimum Gasteiger partial charge on any atom is -0.342 e. The largest absolute Gasteiger partial charge is 0.342 e. The maximum Gasteiger partial charge on any atom is 0.236 e. The van der Waals surface area contributed by atoms with Crippen LogP contribution in [0.4, 0.5) is 0 Å². The third kappa shape index (κ3) is 4.25. The van der Waals surface area contributed by atoms with E-state index in [4.69, 9.17) is 0 Å². The van der Waals surface area contributed by atoms with E-state index in [2.05, 4.69) is 17.1 Å². The number of amides is 1. The molecule has 2 aliphatic heterocycles. The van der Waals surface area contributed by atoms with E-state index in [-0.39, 0.29) is 5.91 Å². The van der Waals surface area contributed by atoms with E-state index in [1.807, 2.05) is 4.90 Å². The summed E-state index contributed by atoms with van der Waals surface area (Å²) in [5, 5.41) is 3.32. The Morgan fingerprint density at radius 1 is 1.11 bits per heavy atom. The van der Waals surface area contributed by atoms with Crippen LogP contribution >= 0.6 is 0 Å². The summed E-state index contributed by atoms with van der Waals surface area (Å²) in [4.78, 5) is 16.3. The van der Waals surface area contributed by atoms with Crippen LogP contribution in [0.2, 0.25) is 0 Å². The van der Waals surface area contributed by atoms with Crippen LogP contribution in [0.25, 0.3) is 0 Å². The van der Waals surface area contributed by atoms with Crippen LogP contribution in [0.1, 0.15) is 32.6 Å². The van der Waals surface area contributed by atoms with Crippen LogP contribution in [-0.2, 0) is 4.79 Å². The molecule has 1 N–H and O–H groups in total. The minimum atomic E-state index is 0.279. The first-order valence-corrected chi connectivity index (χ1v) is 7.46. The summed E-state index contributed by atoms with van der Waals surface area (Å²) >= 11 is 0. The molecule has 0 bridgehead atoms. The van der Waals surface area contributed by atoms with Crippen molar-refractivity contribution in [3.05, 3.63) is 0 Å². The fourth-order valence-corrected chi connectivity index (χ4v) is 2.97. The van der Waals surface area contributed by atoms with Crippen molar-refractivity contribution in [3.8, 4) is 0 Å². The van der Waals surface area contributed by atoms with E-state index in [1.165, 1.54) is 45.3 Å². The summed E-state index contributed by atoms with van der Waals surface area (Å²) in [5.74, 6) is 0.912. The zero-order chi connectivity index (χ0) is 12.8. The van der Waals surface area contributed by atoms with Gasteiger partial charge in [-0.1, -0.05) is 6.92 Å². The number of nitrogens with one attached hydrogen (secondary N) is 1. The predicted molar refractivity (Wildman–Crippen MR) is 73.5 cm³/mol. The molecule has 0 spiro atoms. The fourth-order valence-electron chi connectivity index (χ4n) is 2.97. The van der Waals surface area contributed by atoms with Crippen molar-refractivity contribution in [2.45, 2.75) is 32.6 Å². The second-order valence-electron chi connectivity index (χ2n) is 5.83. The second-order valence-corrected chi connectivity index (χ2v) is 5.83. The van der Waals surface area contributed by atoms with Crippen molar-refractivity contribution in [1.82, 2.24) is 15.1 Å². The summed E-state index contributed by atoms with van der Waals surface area (Å²) < 4.78 is 0. The number of carbonyl (C=O) groups is 1. The van der Waals surface area contributed by atoms with Crippen LogP contribution in [0.15, 0.2) is 0 Å². The van der Waals surface area contributed by atoms with Gasteiger partial charge in [-0.15, -0.1) is 0 Å². The normalized spacial score (nSPS) is 22.6. The highest BCUT2D eigenvalue weighted by Crippen LogP contribution is 2.10. The Bertz CT molecular complexity index is 258. The third-order valence-electron chi connectivity index (χ3n) is 4.00. The Morgan fingerprint density at radius 2 is 1.72 bits per heavy atom. The molecule has 2 rings (SSSR count). The molecule has 18 heavy (non-hydrogen) atoms. The third-order valence-corrected chi connectivity index (χ3v) is 4.00. The van der Waals surface area contributed by atoms with E-state index in [9.17, 15) is 4.79 Å². The van der Waals surface area contributed by atoms with Gasteiger partial charge in [0, 0.05) is 19.6 Å².